The Morgan fingerprint density at radius 2 is 2.21 bits per heavy atom. The highest BCUT2D eigenvalue weighted by Gasteiger charge is 2.39. The Labute approximate surface area is 113 Å². The van der Waals surface area contributed by atoms with E-state index in [9.17, 15) is 13.5 Å². The molecule has 1 heterocycles. The molecule has 2 rings (SSSR count). The van der Waals surface area contributed by atoms with Crippen LogP contribution in [0.25, 0.3) is 0 Å². The predicted octanol–water partition coefficient (Wildman–Crippen LogP) is 1.09. The number of rotatable bonds is 4. The molecule has 0 amide bonds. The number of methoxy groups -OCH3 is 1. The second-order valence-corrected chi connectivity index (χ2v) is 6.70. The fraction of sp³-hybridized carbons (Fsp3) is 0.538. The maximum atomic E-state index is 12.6. The number of hydrogen-bond acceptors (Lipinski definition) is 4. The van der Waals surface area contributed by atoms with E-state index in [1.807, 2.05) is 6.92 Å². The molecule has 6 heteroatoms. The molecule has 1 saturated heterocycles. The average Bonchev–Trinajstić information content (AvgIpc) is 2.80. The normalized spacial score (nSPS) is 24.6. The third kappa shape index (κ3) is 2.61. The van der Waals surface area contributed by atoms with E-state index in [1.165, 1.54) is 17.5 Å². The van der Waals surface area contributed by atoms with Gasteiger partial charge in [-0.3, -0.25) is 0 Å². The summed E-state index contributed by atoms with van der Waals surface area (Å²) in [6.07, 6.45) is 0.772. The number of benzene rings is 1. The lowest BCUT2D eigenvalue weighted by Gasteiger charge is -2.24. The molecule has 1 N–H and O–H groups in total. The van der Waals surface area contributed by atoms with E-state index < -0.39 is 10.0 Å². The topological polar surface area (TPSA) is 66.8 Å². The zero-order valence-corrected chi connectivity index (χ0v) is 11.9. The van der Waals surface area contributed by atoms with Crippen molar-refractivity contribution in [3.8, 4) is 5.75 Å². The first kappa shape index (κ1) is 14.3. The van der Waals surface area contributed by atoms with E-state index >= 15 is 0 Å². The van der Waals surface area contributed by atoms with Crippen LogP contribution in [0.15, 0.2) is 29.2 Å². The summed E-state index contributed by atoms with van der Waals surface area (Å²) in [6.45, 7) is 2.26. The summed E-state index contributed by atoms with van der Waals surface area (Å²) in [5.74, 6) is 0.680. The second-order valence-electron chi connectivity index (χ2n) is 4.81. The number of nitrogens with zero attached hydrogens (tertiary/aromatic N) is 1. The highest BCUT2D eigenvalue weighted by atomic mass is 32.2. The van der Waals surface area contributed by atoms with Crippen molar-refractivity contribution in [2.75, 3.05) is 20.3 Å². The van der Waals surface area contributed by atoms with Gasteiger partial charge in [-0.2, -0.15) is 4.31 Å². The summed E-state index contributed by atoms with van der Waals surface area (Å²) in [4.78, 5) is 0.208. The van der Waals surface area contributed by atoms with E-state index in [0.717, 1.165) is 6.42 Å². The Bertz CT molecular complexity index is 543. The first-order valence-corrected chi connectivity index (χ1v) is 7.71. The zero-order valence-electron chi connectivity index (χ0n) is 11.1. The van der Waals surface area contributed by atoms with E-state index in [1.54, 1.807) is 18.2 Å². The number of ether oxygens (including phenoxy) is 1. The van der Waals surface area contributed by atoms with Crippen LogP contribution in [0.4, 0.5) is 0 Å². The van der Waals surface area contributed by atoms with Gasteiger partial charge in [0.05, 0.1) is 24.7 Å². The van der Waals surface area contributed by atoms with Gasteiger partial charge in [0.25, 0.3) is 0 Å². The molecule has 1 fully saturated rings. The minimum absolute atomic E-state index is 0.148. The molecule has 5 nitrogen and oxygen atoms in total. The van der Waals surface area contributed by atoms with Crippen molar-refractivity contribution in [2.24, 2.45) is 5.92 Å². The molecule has 1 aliphatic rings. The van der Waals surface area contributed by atoms with E-state index in [-0.39, 0.29) is 23.5 Å². The van der Waals surface area contributed by atoms with Gasteiger partial charge in [0.2, 0.25) is 10.0 Å². The maximum Gasteiger partial charge on any atom is 0.243 e. The van der Waals surface area contributed by atoms with Crippen LogP contribution in [0, 0.1) is 5.92 Å². The summed E-state index contributed by atoms with van der Waals surface area (Å²) in [6, 6.07) is 6.08. The molecule has 0 saturated carbocycles. The van der Waals surface area contributed by atoms with Crippen molar-refractivity contribution < 1.29 is 18.3 Å². The fourth-order valence-corrected chi connectivity index (χ4v) is 4.20. The molecule has 2 unspecified atom stereocenters. The van der Waals surface area contributed by atoms with Crippen molar-refractivity contribution >= 4 is 10.0 Å². The minimum atomic E-state index is -3.57. The number of aliphatic hydroxyl groups is 1. The Morgan fingerprint density at radius 1 is 1.47 bits per heavy atom. The Balaban J connectivity index is 2.36. The van der Waals surface area contributed by atoms with Gasteiger partial charge < -0.3 is 9.84 Å². The van der Waals surface area contributed by atoms with Crippen molar-refractivity contribution in [1.82, 2.24) is 4.31 Å². The molecule has 19 heavy (non-hydrogen) atoms. The molecular formula is C13H19NO4S. The zero-order chi connectivity index (χ0) is 14.0. The van der Waals surface area contributed by atoms with Gasteiger partial charge in [-0.25, -0.2) is 8.42 Å². The largest absolute Gasteiger partial charge is 0.497 e. The van der Waals surface area contributed by atoms with Crippen molar-refractivity contribution in [2.45, 2.75) is 24.3 Å². The molecular weight excluding hydrogens is 266 g/mol. The van der Waals surface area contributed by atoms with E-state index in [2.05, 4.69) is 0 Å². The molecule has 106 valence electrons. The molecule has 0 aliphatic carbocycles. The third-order valence-corrected chi connectivity index (χ3v) is 5.59. The lowest BCUT2D eigenvalue weighted by molar-refractivity contribution is 0.191. The average molecular weight is 285 g/mol. The fourth-order valence-electron chi connectivity index (χ4n) is 2.44. The van der Waals surface area contributed by atoms with Crippen molar-refractivity contribution in [1.29, 1.82) is 0 Å². The van der Waals surface area contributed by atoms with Gasteiger partial charge in [0.1, 0.15) is 5.75 Å². The molecule has 1 aliphatic heterocycles. The maximum absolute atomic E-state index is 12.6. The summed E-state index contributed by atoms with van der Waals surface area (Å²) in [7, 11) is -2.07. The summed E-state index contributed by atoms with van der Waals surface area (Å²) in [5, 5.41) is 9.39. The van der Waals surface area contributed by atoms with Crippen LogP contribution < -0.4 is 4.74 Å². The quantitative estimate of drug-likeness (QED) is 0.899. The first-order valence-electron chi connectivity index (χ1n) is 6.27. The molecule has 0 spiro atoms. The van der Waals surface area contributed by atoms with Gasteiger partial charge in [-0.1, -0.05) is 13.0 Å². The lowest BCUT2D eigenvalue weighted by atomic mass is 10.0. The van der Waals surface area contributed by atoms with Crippen molar-refractivity contribution in [3.63, 3.8) is 0 Å². The van der Waals surface area contributed by atoms with E-state index in [0.29, 0.717) is 12.3 Å². The smallest absolute Gasteiger partial charge is 0.243 e. The third-order valence-electron chi connectivity index (χ3n) is 3.67. The van der Waals surface area contributed by atoms with Crippen LogP contribution in [-0.2, 0) is 10.0 Å². The van der Waals surface area contributed by atoms with Crippen LogP contribution in [-0.4, -0.2) is 44.1 Å². The van der Waals surface area contributed by atoms with Gasteiger partial charge in [-0.15, -0.1) is 0 Å². The highest BCUT2D eigenvalue weighted by molar-refractivity contribution is 7.89. The van der Waals surface area contributed by atoms with Crippen LogP contribution in [0.5, 0.6) is 5.75 Å². The monoisotopic (exact) mass is 285 g/mol. The molecule has 0 radical (unpaired) electrons. The van der Waals surface area contributed by atoms with Crippen LogP contribution in [0.2, 0.25) is 0 Å². The molecule has 0 aromatic heterocycles. The highest BCUT2D eigenvalue weighted by Crippen LogP contribution is 2.30. The molecule has 2 atom stereocenters. The Hall–Kier alpha value is -1.11. The van der Waals surface area contributed by atoms with Gasteiger partial charge >= 0.3 is 0 Å². The predicted molar refractivity (Wildman–Crippen MR) is 71.5 cm³/mol. The number of hydrogen-bond donors (Lipinski definition) is 1. The number of aliphatic hydroxyl groups excluding tert-OH is 1. The van der Waals surface area contributed by atoms with Gasteiger partial charge in [0, 0.05) is 12.6 Å². The second kappa shape index (κ2) is 5.48. The molecule has 1 aromatic rings. The van der Waals surface area contributed by atoms with Crippen molar-refractivity contribution in [3.05, 3.63) is 24.3 Å². The summed E-state index contributed by atoms with van der Waals surface area (Å²) < 4.78 is 31.6. The number of sulfonamides is 1. The van der Waals surface area contributed by atoms with E-state index in [4.69, 9.17) is 4.74 Å². The Kier molecular flexibility index (Phi) is 4.13. The van der Waals surface area contributed by atoms with Crippen LogP contribution in [0.3, 0.4) is 0 Å². The summed E-state index contributed by atoms with van der Waals surface area (Å²) in [5.41, 5.74) is 0. The standard InChI is InChI=1S/C13H19NO4S/c1-10-6-7-14(13(10)9-15)19(16,17)12-5-3-4-11(8-12)18-2/h3-5,8,10,13,15H,6-7,9H2,1-2H3. The summed E-state index contributed by atoms with van der Waals surface area (Å²) >= 11 is 0. The van der Waals surface area contributed by atoms with Gasteiger partial charge in [0.15, 0.2) is 0 Å². The molecule has 0 bridgehead atoms. The Morgan fingerprint density at radius 3 is 2.84 bits per heavy atom. The molecule has 1 aromatic carbocycles. The lowest BCUT2D eigenvalue weighted by Crippen LogP contribution is -2.39. The van der Waals surface area contributed by atoms with Gasteiger partial charge in [-0.05, 0) is 24.5 Å². The first-order chi connectivity index (χ1) is 9.00. The van der Waals surface area contributed by atoms with Crippen LogP contribution >= 0.6 is 0 Å². The SMILES string of the molecule is COc1cccc(S(=O)(=O)N2CCC(C)C2CO)c1. The van der Waals surface area contributed by atoms with Crippen LogP contribution in [0.1, 0.15) is 13.3 Å². The minimum Gasteiger partial charge on any atom is -0.497 e.